The molecule has 0 spiro atoms. The number of nitrogens with one attached hydrogen (secondary N) is 1. The van der Waals surface area contributed by atoms with Gasteiger partial charge < -0.3 is 10.1 Å². The maximum atomic E-state index is 12.3. The molecule has 0 saturated heterocycles. The van der Waals surface area contributed by atoms with Crippen LogP contribution in [0.4, 0.5) is 8.78 Å². The van der Waals surface area contributed by atoms with E-state index in [4.69, 9.17) is 0 Å². The number of ether oxygens (including phenoxy) is 1. The molecule has 0 aliphatic heterocycles. The van der Waals surface area contributed by atoms with Gasteiger partial charge in [0.25, 0.3) is 0 Å². The molecule has 1 aromatic carbocycles. The van der Waals surface area contributed by atoms with Crippen molar-refractivity contribution in [3.63, 3.8) is 0 Å². The molecule has 1 aromatic heterocycles. The summed E-state index contributed by atoms with van der Waals surface area (Å²) in [6, 6.07) is 6.78. The molecule has 0 fully saturated rings. The van der Waals surface area contributed by atoms with Gasteiger partial charge in [-0.1, -0.05) is 18.2 Å². The summed E-state index contributed by atoms with van der Waals surface area (Å²) in [7, 11) is 0. The van der Waals surface area contributed by atoms with Gasteiger partial charge in [0.2, 0.25) is 0 Å². The molecule has 0 aliphatic carbocycles. The molecule has 0 radical (unpaired) electrons. The Balaban J connectivity index is 1.81. The van der Waals surface area contributed by atoms with Crippen LogP contribution in [0.5, 0.6) is 5.75 Å². The summed E-state index contributed by atoms with van der Waals surface area (Å²) >= 11 is 0. The van der Waals surface area contributed by atoms with Crippen molar-refractivity contribution < 1.29 is 13.5 Å². The highest BCUT2D eigenvalue weighted by atomic mass is 19.3. The zero-order chi connectivity index (χ0) is 14.4. The average molecular weight is 281 g/mol. The first-order valence-electron chi connectivity index (χ1n) is 6.37. The second kappa shape index (κ2) is 7.00. The fraction of sp³-hybridized carbons (Fsp3) is 0.357. The Labute approximate surface area is 116 Å². The Morgan fingerprint density at radius 1 is 1.35 bits per heavy atom. The topological polar surface area (TPSA) is 39.1 Å². The number of benzene rings is 1. The monoisotopic (exact) mass is 281 g/mol. The molecular weight excluding hydrogens is 264 g/mol. The van der Waals surface area contributed by atoms with Crippen molar-refractivity contribution in [1.82, 2.24) is 15.1 Å². The SMILES string of the molecule is Cc1cnn(CCNCc2ccccc2OC(F)F)c1. The molecule has 6 heteroatoms. The molecule has 2 rings (SSSR count). The third-order valence-corrected chi connectivity index (χ3v) is 2.78. The molecule has 0 atom stereocenters. The summed E-state index contributed by atoms with van der Waals surface area (Å²) in [6.07, 6.45) is 3.75. The van der Waals surface area contributed by atoms with Crippen LogP contribution in [0.1, 0.15) is 11.1 Å². The van der Waals surface area contributed by atoms with Crippen LogP contribution in [-0.4, -0.2) is 22.9 Å². The fourth-order valence-corrected chi connectivity index (χ4v) is 1.87. The highest BCUT2D eigenvalue weighted by Gasteiger charge is 2.08. The summed E-state index contributed by atoms with van der Waals surface area (Å²) in [5, 5.41) is 7.36. The number of aryl methyl sites for hydroxylation is 1. The van der Waals surface area contributed by atoms with E-state index in [1.807, 2.05) is 17.8 Å². The molecule has 4 nitrogen and oxygen atoms in total. The van der Waals surface area contributed by atoms with Gasteiger partial charge in [-0.2, -0.15) is 13.9 Å². The standard InChI is InChI=1S/C14H17F2N3O/c1-11-8-18-19(10-11)7-6-17-9-12-4-2-3-5-13(12)20-14(15)16/h2-5,8,10,14,17H,6-7,9H2,1H3. The quantitative estimate of drug-likeness (QED) is 0.793. The van der Waals surface area contributed by atoms with E-state index in [0.717, 1.165) is 12.1 Å². The smallest absolute Gasteiger partial charge is 0.387 e. The minimum Gasteiger partial charge on any atom is -0.434 e. The van der Waals surface area contributed by atoms with Gasteiger partial charge in [0, 0.05) is 24.8 Å². The van der Waals surface area contributed by atoms with Crippen molar-refractivity contribution >= 4 is 0 Å². The maximum Gasteiger partial charge on any atom is 0.387 e. The van der Waals surface area contributed by atoms with E-state index in [1.165, 1.54) is 0 Å². The molecule has 0 saturated carbocycles. The van der Waals surface area contributed by atoms with Crippen LogP contribution in [0.2, 0.25) is 0 Å². The van der Waals surface area contributed by atoms with E-state index in [9.17, 15) is 8.78 Å². The van der Waals surface area contributed by atoms with Crippen molar-refractivity contribution in [1.29, 1.82) is 0 Å². The minimum absolute atomic E-state index is 0.213. The van der Waals surface area contributed by atoms with Crippen molar-refractivity contribution in [2.24, 2.45) is 0 Å². The first-order valence-corrected chi connectivity index (χ1v) is 6.37. The van der Waals surface area contributed by atoms with Crippen molar-refractivity contribution in [3.05, 3.63) is 47.8 Å². The van der Waals surface area contributed by atoms with Gasteiger partial charge in [-0.15, -0.1) is 0 Å². The van der Waals surface area contributed by atoms with Crippen LogP contribution in [0, 0.1) is 6.92 Å². The first-order chi connectivity index (χ1) is 9.65. The van der Waals surface area contributed by atoms with E-state index < -0.39 is 6.61 Å². The molecule has 0 aliphatic rings. The molecule has 2 aromatic rings. The molecule has 0 bridgehead atoms. The van der Waals surface area contributed by atoms with E-state index in [1.54, 1.807) is 30.5 Å². The summed E-state index contributed by atoms with van der Waals surface area (Å²) < 4.78 is 30.8. The number of hydrogen-bond acceptors (Lipinski definition) is 3. The molecule has 1 heterocycles. The lowest BCUT2D eigenvalue weighted by Gasteiger charge is -2.11. The molecule has 0 unspecified atom stereocenters. The predicted octanol–water partition coefficient (Wildman–Crippen LogP) is 2.58. The van der Waals surface area contributed by atoms with Gasteiger partial charge in [0.15, 0.2) is 0 Å². The highest BCUT2D eigenvalue weighted by molar-refractivity contribution is 5.33. The van der Waals surface area contributed by atoms with E-state index >= 15 is 0 Å². The number of aromatic nitrogens is 2. The molecule has 0 amide bonds. The zero-order valence-electron chi connectivity index (χ0n) is 11.2. The zero-order valence-corrected chi connectivity index (χ0v) is 11.2. The number of hydrogen-bond donors (Lipinski definition) is 1. The molecule has 1 N–H and O–H groups in total. The van der Waals surface area contributed by atoms with Crippen LogP contribution in [0.3, 0.4) is 0 Å². The van der Waals surface area contributed by atoms with Crippen LogP contribution in [0.25, 0.3) is 0 Å². The number of para-hydroxylation sites is 1. The summed E-state index contributed by atoms with van der Waals surface area (Å²) in [6.45, 7) is 1.08. The van der Waals surface area contributed by atoms with Crippen LogP contribution < -0.4 is 10.1 Å². The van der Waals surface area contributed by atoms with Gasteiger partial charge in [-0.05, 0) is 18.6 Å². The third kappa shape index (κ3) is 4.31. The van der Waals surface area contributed by atoms with Gasteiger partial charge in [-0.3, -0.25) is 4.68 Å². The Bertz CT molecular complexity index is 543. The van der Waals surface area contributed by atoms with Gasteiger partial charge in [0.05, 0.1) is 12.7 Å². The normalized spacial score (nSPS) is 11.0. The van der Waals surface area contributed by atoms with Gasteiger partial charge in [-0.25, -0.2) is 0 Å². The molecule has 108 valence electrons. The predicted molar refractivity (Wildman–Crippen MR) is 71.7 cm³/mol. The second-order valence-corrected chi connectivity index (χ2v) is 4.44. The Hall–Kier alpha value is -1.95. The lowest BCUT2D eigenvalue weighted by atomic mass is 10.2. The van der Waals surface area contributed by atoms with Crippen LogP contribution in [-0.2, 0) is 13.1 Å². The van der Waals surface area contributed by atoms with E-state index in [2.05, 4.69) is 15.2 Å². The number of rotatable bonds is 7. The van der Waals surface area contributed by atoms with E-state index in [-0.39, 0.29) is 5.75 Å². The number of halogens is 2. The van der Waals surface area contributed by atoms with Crippen molar-refractivity contribution in [2.45, 2.75) is 26.6 Å². The van der Waals surface area contributed by atoms with Crippen LogP contribution in [0.15, 0.2) is 36.7 Å². The molecule has 20 heavy (non-hydrogen) atoms. The van der Waals surface area contributed by atoms with Gasteiger partial charge in [0.1, 0.15) is 5.75 Å². The minimum atomic E-state index is -2.80. The van der Waals surface area contributed by atoms with E-state index in [0.29, 0.717) is 18.7 Å². The Kier molecular flexibility index (Phi) is 5.06. The second-order valence-electron chi connectivity index (χ2n) is 4.44. The lowest BCUT2D eigenvalue weighted by molar-refractivity contribution is -0.0504. The molecular formula is C14H17F2N3O. The van der Waals surface area contributed by atoms with Crippen LogP contribution >= 0.6 is 0 Å². The van der Waals surface area contributed by atoms with Gasteiger partial charge >= 0.3 is 6.61 Å². The average Bonchev–Trinajstić information content (AvgIpc) is 2.81. The number of nitrogens with zero attached hydrogens (tertiary/aromatic N) is 2. The van der Waals surface area contributed by atoms with Crippen molar-refractivity contribution in [2.75, 3.05) is 6.54 Å². The summed E-state index contributed by atoms with van der Waals surface area (Å²) in [5.41, 5.74) is 1.82. The Morgan fingerprint density at radius 3 is 2.85 bits per heavy atom. The van der Waals surface area contributed by atoms with Crippen molar-refractivity contribution in [3.8, 4) is 5.75 Å². The summed E-state index contributed by atoms with van der Waals surface area (Å²) in [5.74, 6) is 0.213. The Morgan fingerprint density at radius 2 is 2.15 bits per heavy atom. The largest absolute Gasteiger partial charge is 0.434 e. The maximum absolute atomic E-state index is 12.3. The fourth-order valence-electron chi connectivity index (χ4n) is 1.87. The first kappa shape index (κ1) is 14.5. The number of alkyl halides is 2. The lowest BCUT2D eigenvalue weighted by Crippen LogP contribution is -2.20. The highest BCUT2D eigenvalue weighted by Crippen LogP contribution is 2.19. The summed E-state index contributed by atoms with van der Waals surface area (Å²) in [4.78, 5) is 0. The third-order valence-electron chi connectivity index (χ3n) is 2.78.